The first-order chi connectivity index (χ1) is 14.0. The number of hydrogen-bond donors (Lipinski definition) is 2. The lowest BCUT2D eigenvalue weighted by Crippen LogP contribution is -2.11. The number of anilines is 3. The Morgan fingerprint density at radius 2 is 1.76 bits per heavy atom. The van der Waals surface area contributed by atoms with Crippen LogP contribution >= 0.6 is 0 Å². The van der Waals surface area contributed by atoms with Crippen molar-refractivity contribution in [3.05, 3.63) is 66.2 Å². The molecule has 0 atom stereocenters. The van der Waals surface area contributed by atoms with Crippen LogP contribution in [0.4, 0.5) is 17.5 Å². The predicted octanol–water partition coefficient (Wildman–Crippen LogP) is 5.13. The maximum atomic E-state index is 11.8. The molecule has 0 aliphatic heterocycles. The summed E-state index contributed by atoms with van der Waals surface area (Å²) in [6, 6.07) is 19.0. The van der Waals surface area contributed by atoms with Crippen molar-refractivity contribution >= 4 is 23.4 Å². The number of aromatic nitrogens is 2. The Morgan fingerprint density at radius 1 is 1.03 bits per heavy atom. The summed E-state index contributed by atoms with van der Waals surface area (Å²) in [5.74, 6) is 1.42. The molecule has 0 aliphatic rings. The molecule has 6 nitrogen and oxygen atoms in total. The van der Waals surface area contributed by atoms with Gasteiger partial charge in [0.1, 0.15) is 5.82 Å². The minimum Gasteiger partial charge on any atom is -0.462 e. The molecule has 0 radical (unpaired) electrons. The lowest BCUT2D eigenvalue weighted by molar-refractivity contribution is 0.0526. The molecule has 1 heterocycles. The summed E-state index contributed by atoms with van der Waals surface area (Å²) in [7, 11) is 0. The highest BCUT2D eigenvalue weighted by atomic mass is 16.5. The van der Waals surface area contributed by atoms with Crippen molar-refractivity contribution in [3.63, 3.8) is 0 Å². The van der Waals surface area contributed by atoms with Crippen molar-refractivity contribution in [1.82, 2.24) is 9.97 Å². The molecule has 3 rings (SSSR count). The molecule has 0 fully saturated rings. The smallest absolute Gasteiger partial charge is 0.338 e. The van der Waals surface area contributed by atoms with Gasteiger partial charge in [0.2, 0.25) is 5.95 Å². The van der Waals surface area contributed by atoms with Gasteiger partial charge in [-0.2, -0.15) is 4.98 Å². The standard InChI is InChI=1S/C23H26N4O2/c1-4-29-22(28)18-10-12-19(13-11-18)25-23-26-20(17-8-6-5-7-9-17)14-21(27-23)24-15-16(2)3/h5-14,16H,4,15H2,1-3H3,(H2,24,25,26,27). The van der Waals surface area contributed by atoms with Crippen molar-refractivity contribution < 1.29 is 9.53 Å². The Labute approximate surface area is 171 Å². The molecule has 2 aromatic carbocycles. The first-order valence-electron chi connectivity index (χ1n) is 9.77. The van der Waals surface area contributed by atoms with Crippen molar-refractivity contribution in [3.8, 4) is 11.3 Å². The van der Waals surface area contributed by atoms with E-state index in [-0.39, 0.29) is 5.97 Å². The van der Waals surface area contributed by atoms with Crippen LogP contribution in [0.25, 0.3) is 11.3 Å². The van der Waals surface area contributed by atoms with Crippen LogP contribution in [0, 0.1) is 5.92 Å². The molecule has 6 heteroatoms. The number of esters is 1. The largest absolute Gasteiger partial charge is 0.462 e. The number of carbonyl (C=O) groups excluding carboxylic acids is 1. The first-order valence-corrected chi connectivity index (χ1v) is 9.77. The zero-order chi connectivity index (χ0) is 20.6. The number of nitrogens with zero attached hydrogens (tertiary/aromatic N) is 2. The molecule has 0 bridgehead atoms. The normalized spacial score (nSPS) is 10.6. The fourth-order valence-electron chi connectivity index (χ4n) is 2.69. The second-order valence-electron chi connectivity index (χ2n) is 7.03. The average Bonchev–Trinajstić information content (AvgIpc) is 2.73. The predicted molar refractivity (Wildman–Crippen MR) is 116 cm³/mol. The van der Waals surface area contributed by atoms with E-state index in [2.05, 4.69) is 34.4 Å². The summed E-state index contributed by atoms with van der Waals surface area (Å²) in [4.78, 5) is 21.1. The Kier molecular flexibility index (Phi) is 6.79. The van der Waals surface area contributed by atoms with E-state index >= 15 is 0 Å². The number of benzene rings is 2. The first kappa shape index (κ1) is 20.3. The van der Waals surface area contributed by atoms with Gasteiger partial charge in [-0.3, -0.25) is 0 Å². The quantitative estimate of drug-likeness (QED) is 0.519. The number of carbonyl (C=O) groups is 1. The lowest BCUT2D eigenvalue weighted by atomic mass is 10.1. The highest BCUT2D eigenvalue weighted by Crippen LogP contribution is 2.23. The second kappa shape index (κ2) is 9.68. The molecule has 1 aromatic heterocycles. The average molecular weight is 390 g/mol. The van der Waals surface area contributed by atoms with Crippen LogP contribution in [-0.4, -0.2) is 29.1 Å². The number of hydrogen-bond acceptors (Lipinski definition) is 6. The van der Waals surface area contributed by atoms with Crippen LogP contribution < -0.4 is 10.6 Å². The van der Waals surface area contributed by atoms with Crippen molar-refractivity contribution in [2.24, 2.45) is 5.92 Å². The molecule has 2 N–H and O–H groups in total. The zero-order valence-corrected chi connectivity index (χ0v) is 17.0. The molecule has 0 unspecified atom stereocenters. The minimum absolute atomic E-state index is 0.332. The molecule has 0 saturated heterocycles. The van der Waals surface area contributed by atoms with Gasteiger partial charge in [0.25, 0.3) is 0 Å². The van der Waals surface area contributed by atoms with E-state index in [1.807, 2.05) is 48.5 Å². The third-order valence-corrected chi connectivity index (χ3v) is 4.14. The Hall–Kier alpha value is -3.41. The van der Waals surface area contributed by atoms with Gasteiger partial charge in [0.15, 0.2) is 0 Å². The van der Waals surface area contributed by atoms with Crippen LogP contribution in [0.1, 0.15) is 31.1 Å². The molecule has 29 heavy (non-hydrogen) atoms. The summed E-state index contributed by atoms with van der Waals surface area (Å²) < 4.78 is 5.02. The van der Waals surface area contributed by atoms with Crippen LogP contribution in [0.5, 0.6) is 0 Å². The van der Waals surface area contributed by atoms with Gasteiger partial charge in [-0.15, -0.1) is 0 Å². The highest BCUT2D eigenvalue weighted by molar-refractivity contribution is 5.89. The van der Waals surface area contributed by atoms with E-state index in [1.54, 1.807) is 19.1 Å². The van der Waals surface area contributed by atoms with Gasteiger partial charge in [0.05, 0.1) is 17.9 Å². The molecular formula is C23H26N4O2. The number of nitrogens with one attached hydrogen (secondary N) is 2. The van der Waals surface area contributed by atoms with E-state index in [4.69, 9.17) is 4.74 Å². The highest BCUT2D eigenvalue weighted by Gasteiger charge is 2.09. The summed E-state index contributed by atoms with van der Waals surface area (Å²) in [5, 5.41) is 6.59. The fraction of sp³-hybridized carbons (Fsp3) is 0.261. The zero-order valence-electron chi connectivity index (χ0n) is 17.0. The third kappa shape index (κ3) is 5.78. The van der Waals surface area contributed by atoms with Gasteiger partial charge >= 0.3 is 5.97 Å². The maximum absolute atomic E-state index is 11.8. The summed E-state index contributed by atoms with van der Waals surface area (Å²) >= 11 is 0. The molecule has 150 valence electrons. The second-order valence-corrected chi connectivity index (χ2v) is 7.03. The van der Waals surface area contributed by atoms with E-state index in [0.29, 0.717) is 24.0 Å². The van der Waals surface area contributed by atoms with Crippen LogP contribution in [0.3, 0.4) is 0 Å². The van der Waals surface area contributed by atoms with E-state index < -0.39 is 0 Å². The van der Waals surface area contributed by atoms with E-state index in [1.165, 1.54) is 0 Å². The summed E-state index contributed by atoms with van der Waals surface area (Å²) in [5.41, 5.74) is 3.15. The van der Waals surface area contributed by atoms with Gasteiger partial charge < -0.3 is 15.4 Å². The van der Waals surface area contributed by atoms with Crippen LogP contribution in [-0.2, 0) is 4.74 Å². The molecular weight excluding hydrogens is 364 g/mol. The van der Waals surface area contributed by atoms with E-state index in [0.717, 1.165) is 29.3 Å². The SMILES string of the molecule is CCOC(=O)c1ccc(Nc2nc(NCC(C)C)cc(-c3ccccc3)n2)cc1. The minimum atomic E-state index is -0.332. The van der Waals surface area contributed by atoms with Crippen molar-refractivity contribution in [1.29, 1.82) is 0 Å². The molecule has 0 aliphatic carbocycles. The fourth-order valence-corrected chi connectivity index (χ4v) is 2.69. The summed E-state index contributed by atoms with van der Waals surface area (Å²) in [6.45, 7) is 7.26. The Morgan fingerprint density at radius 3 is 2.41 bits per heavy atom. The monoisotopic (exact) mass is 390 g/mol. The molecule has 0 spiro atoms. The summed E-state index contributed by atoms with van der Waals surface area (Å²) in [6.07, 6.45) is 0. The number of rotatable bonds is 8. The van der Waals surface area contributed by atoms with Gasteiger partial charge in [-0.1, -0.05) is 44.2 Å². The lowest BCUT2D eigenvalue weighted by Gasteiger charge is -2.13. The maximum Gasteiger partial charge on any atom is 0.338 e. The molecule has 0 saturated carbocycles. The molecule has 0 amide bonds. The van der Waals surface area contributed by atoms with Gasteiger partial charge in [-0.05, 0) is 37.1 Å². The Bertz CT molecular complexity index is 941. The number of ether oxygens (including phenoxy) is 1. The Balaban J connectivity index is 1.85. The van der Waals surface area contributed by atoms with Crippen LogP contribution in [0.15, 0.2) is 60.7 Å². The van der Waals surface area contributed by atoms with Gasteiger partial charge in [0, 0.05) is 23.9 Å². The van der Waals surface area contributed by atoms with Crippen LogP contribution in [0.2, 0.25) is 0 Å². The van der Waals surface area contributed by atoms with E-state index in [9.17, 15) is 4.79 Å². The van der Waals surface area contributed by atoms with Crippen molar-refractivity contribution in [2.45, 2.75) is 20.8 Å². The third-order valence-electron chi connectivity index (χ3n) is 4.14. The van der Waals surface area contributed by atoms with Crippen molar-refractivity contribution in [2.75, 3.05) is 23.8 Å². The van der Waals surface area contributed by atoms with Gasteiger partial charge in [-0.25, -0.2) is 9.78 Å². The molecule has 3 aromatic rings. The topological polar surface area (TPSA) is 76.1 Å².